The summed E-state index contributed by atoms with van der Waals surface area (Å²) in [4.78, 5) is 28.7. The molecule has 0 saturated heterocycles. The lowest BCUT2D eigenvalue weighted by Crippen LogP contribution is -2.27. The molecule has 1 aromatic heterocycles. The fourth-order valence-electron chi connectivity index (χ4n) is 2.38. The van der Waals surface area contributed by atoms with Crippen LogP contribution in [0.15, 0.2) is 18.3 Å². The summed E-state index contributed by atoms with van der Waals surface area (Å²) < 4.78 is 5.17. The molecule has 0 aliphatic heterocycles. The van der Waals surface area contributed by atoms with Crippen molar-refractivity contribution in [3.05, 3.63) is 39.9 Å². The molecule has 0 fully saturated rings. The van der Waals surface area contributed by atoms with E-state index in [1.54, 1.807) is 20.8 Å². The Balaban J connectivity index is 2.07. The average Bonchev–Trinajstić information content (AvgIpc) is 2.88. The molecule has 0 aliphatic rings. The van der Waals surface area contributed by atoms with Crippen LogP contribution in [0.25, 0.3) is 0 Å². The number of nitrogens with zero attached hydrogens (tertiary/aromatic N) is 1. The van der Waals surface area contributed by atoms with Gasteiger partial charge in [-0.2, -0.15) is 0 Å². The van der Waals surface area contributed by atoms with Gasteiger partial charge < -0.3 is 10.1 Å². The smallest absolute Gasteiger partial charge is 0.413 e. The van der Waals surface area contributed by atoms with E-state index in [1.165, 1.54) is 6.20 Å². The standard InChI is InChI=1S/C18H23N3O3S/c1-10-7-11(2)14(12(3)8-10)20-15(22)13-9-19-16(25-13)21-17(23)24-18(4,5)6/h7-9H,1-6H3,(H,20,22)(H,19,21,23). The van der Waals surface area contributed by atoms with E-state index in [4.69, 9.17) is 4.74 Å². The van der Waals surface area contributed by atoms with Crippen molar-refractivity contribution in [1.29, 1.82) is 0 Å². The molecule has 1 aromatic carbocycles. The largest absolute Gasteiger partial charge is 0.444 e. The first-order chi connectivity index (χ1) is 11.5. The van der Waals surface area contributed by atoms with Gasteiger partial charge in [-0.25, -0.2) is 9.78 Å². The maximum Gasteiger partial charge on any atom is 0.413 e. The van der Waals surface area contributed by atoms with Crippen LogP contribution in [-0.2, 0) is 4.74 Å². The molecule has 134 valence electrons. The number of carbonyl (C=O) groups excluding carboxylic acids is 2. The van der Waals surface area contributed by atoms with Crippen molar-refractivity contribution >= 4 is 34.2 Å². The van der Waals surface area contributed by atoms with Crippen LogP contribution in [0.1, 0.15) is 47.1 Å². The number of aryl methyl sites for hydroxylation is 3. The van der Waals surface area contributed by atoms with E-state index in [1.807, 2.05) is 32.9 Å². The molecular formula is C18H23N3O3S. The number of nitrogens with one attached hydrogen (secondary N) is 2. The second kappa shape index (κ2) is 7.23. The summed E-state index contributed by atoms with van der Waals surface area (Å²) in [7, 11) is 0. The molecule has 0 radical (unpaired) electrons. The summed E-state index contributed by atoms with van der Waals surface area (Å²) in [6.45, 7) is 11.3. The van der Waals surface area contributed by atoms with Gasteiger partial charge in [-0.15, -0.1) is 0 Å². The second-order valence-electron chi connectivity index (χ2n) is 6.88. The zero-order valence-corrected chi connectivity index (χ0v) is 16.1. The van der Waals surface area contributed by atoms with Crippen LogP contribution in [0.2, 0.25) is 0 Å². The van der Waals surface area contributed by atoms with Gasteiger partial charge in [0.2, 0.25) is 0 Å². The molecule has 6 nitrogen and oxygen atoms in total. The van der Waals surface area contributed by atoms with Crippen molar-refractivity contribution in [1.82, 2.24) is 4.98 Å². The second-order valence-corrected chi connectivity index (χ2v) is 7.92. The number of anilines is 2. The van der Waals surface area contributed by atoms with E-state index < -0.39 is 11.7 Å². The molecule has 0 saturated carbocycles. The van der Waals surface area contributed by atoms with Gasteiger partial charge in [0.05, 0.1) is 6.20 Å². The first-order valence-corrected chi connectivity index (χ1v) is 8.72. The number of ether oxygens (including phenoxy) is 1. The summed E-state index contributed by atoms with van der Waals surface area (Å²) in [5.74, 6) is -0.259. The molecule has 7 heteroatoms. The van der Waals surface area contributed by atoms with Crippen molar-refractivity contribution < 1.29 is 14.3 Å². The van der Waals surface area contributed by atoms with E-state index in [0.29, 0.717) is 10.0 Å². The van der Waals surface area contributed by atoms with E-state index in [-0.39, 0.29) is 5.91 Å². The highest BCUT2D eigenvalue weighted by Crippen LogP contribution is 2.25. The summed E-state index contributed by atoms with van der Waals surface area (Å²) in [5, 5.41) is 5.76. The number of hydrogen-bond donors (Lipinski definition) is 2. The third-order valence-corrected chi connectivity index (χ3v) is 4.16. The minimum Gasteiger partial charge on any atom is -0.444 e. The topological polar surface area (TPSA) is 80.3 Å². The van der Waals surface area contributed by atoms with Crippen molar-refractivity contribution in [3.8, 4) is 0 Å². The molecular weight excluding hydrogens is 338 g/mol. The number of hydrogen-bond acceptors (Lipinski definition) is 5. The molecule has 2 amide bonds. The Bertz CT molecular complexity index is 783. The molecule has 0 atom stereocenters. The van der Waals surface area contributed by atoms with Crippen LogP contribution in [0.4, 0.5) is 15.6 Å². The summed E-state index contributed by atoms with van der Waals surface area (Å²) in [5.41, 5.74) is 3.35. The van der Waals surface area contributed by atoms with E-state index in [0.717, 1.165) is 33.7 Å². The molecule has 2 rings (SSSR count). The highest BCUT2D eigenvalue weighted by atomic mass is 32.1. The van der Waals surface area contributed by atoms with Crippen molar-refractivity contribution in [3.63, 3.8) is 0 Å². The number of carbonyl (C=O) groups is 2. The van der Waals surface area contributed by atoms with Gasteiger partial charge in [-0.05, 0) is 52.7 Å². The first-order valence-electron chi connectivity index (χ1n) is 7.90. The summed E-state index contributed by atoms with van der Waals surface area (Å²) in [6, 6.07) is 4.04. The lowest BCUT2D eigenvalue weighted by Gasteiger charge is -2.18. The zero-order chi connectivity index (χ0) is 18.8. The van der Waals surface area contributed by atoms with Crippen LogP contribution in [-0.4, -0.2) is 22.6 Å². The van der Waals surface area contributed by atoms with Crippen LogP contribution in [0.3, 0.4) is 0 Å². The normalized spacial score (nSPS) is 11.1. The fourth-order valence-corrected chi connectivity index (χ4v) is 3.08. The van der Waals surface area contributed by atoms with Gasteiger partial charge in [0.15, 0.2) is 5.13 Å². The predicted molar refractivity (Wildman–Crippen MR) is 101 cm³/mol. The Labute approximate surface area is 151 Å². The third-order valence-electron chi connectivity index (χ3n) is 3.25. The van der Waals surface area contributed by atoms with Crippen LogP contribution >= 0.6 is 11.3 Å². The maximum absolute atomic E-state index is 12.4. The molecule has 25 heavy (non-hydrogen) atoms. The highest BCUT2D eigenvalue weighted by molar-refractivity contribution is 7.17. The Morgan fingerprint density at radius 3 is 2.24 bits per heavy atom. The minimum atomic E-state index is -0.598. The fraction of sp³-hybridized carbons (Fsp3) is 0.389. The Hall–Kier alpha value is -2.41. The van der Waals surface area contributed by atoms with Crippen molar-refractivity contribution in [2.75, 3.05) is 10.6 Å². The first kappa shape index (κ1) is 18.9. The Kier molecular flexibility index (Phi) is 5.47. The Morgan fingerprint density at radius 2 is 1.68 bits per heavy atom. The van der Waals surface area contributed by atoms with Crippen LogP contribution in [0, 0.1) is 20.8 Å². The summed E-state index contributed by atoms with van der Waals surface area (Å²) >= 11 is 1.09. The SMILES string of the molecule is Cc1cc(C)c(NC(=O)c2cnc(NC(=O)OC(C)(C)C)s2)c(C)c1. The van der Waals surface area contributed by atoms with E-state index in [2.05, 4.69) is 15.6 Å². The lowest BCUT2D eigenvalue weighted by molar-refractivity contribution is 0.0635. The number of amides is 2. The predicted octanol–water partition coefficient (Wildman–Crippen LogP) is 4.67. The van der Waals surface area contributed by atoms with Crippen molar-refractivity contribution in [2.24, 2.45) is 0 Å². The van der Waals surface area contributed by atoms with Crippen molar-refractivity contribution in [2.45, 2.75) is 47.1 Å². The molecule has 0 unspecified atom stereocenters. The Morgan fingerprint density at radius 1 is 1.08 bits per heavy atom. The van der Waals surface area contributed by atoms with Gasteiger partial charge in [0.1, 0.15) is 10.5 Å². The zero-order valence-electron chi connectivity index (χ0n) is 15.3. The van der Waals surface area contributed by atoms with Gasteiger partial charge >= 0.3 is 6.09 Å². The number of benzene rings is 1. The molecule has 1 heterocycles. The molecule has 0 bridgehead atoms. The van der Waals surface area contributed by atoms with Gasteiger partial charge in [-0.1, -0.05) is 29.0 Å². The number of thiazole rings is 1. The molecule has 0 spiro atoms. The van der Waals surface area contributed by atoms with Gasteiger partial charge in [0.25, 0.3) is 5.91 Å². The lowest BCUT2D eigenvalue weighted by atomic mass is 10.1. The third kappa shape index (κ3) is 5.29. The van der Waals surface area contributed by atoms with Gasteiger partial charge in [-0.3, -0.25) is 10.1 Å². The van der Waals surface area contributed by atoms with Crippen LogP contribution < -0.4 is 10.6 Å². The summed E-state index contributed by atoms with van der Waals surface area (Å²) in [6.07, 6.45) is 0.838. The molecule has 0 aliphatic carbocycles. The number of aromatic nitrogens is 1. The number of rotatable bonds is 3. The minimum absolute atomic E-state index is 0.259. The molecule has 2 aromatic rings. The monoisotopic (exact) mass is 361 g/mol. The van der Waals surface area contributed by atoms with E-state index >= 15 is 0 Å². The highest BCUT2D eigenvalue weighted by Gasteiger charge is 2.19. The van der Waals surface area contributed by atoms with Gasteiger partial charge in [0, 0.05) is 5.69 Å². The average molecular weight is 361 g/mol. The van der Waals surface area contributed by atoms with Crippen LogP contribution in [0.5, 0.6) is 0 Å². The quantitative estimate of drug-likeness (QED) is 0.832. The maximum atomic E-state index is 12.4. The molecule has 2 N–H and O–H groups in total. The van der Waals surface area contributed by atoms with E-state index in [9.17, 15) is 9.59 Å².